The third kappa shape index (κ3) is 2.64. The predicted octanol–water partition coefficient (Wildman–Crippen LogP) is 0.998. The Labute approximate surface area is 98.4 Å². The molecule has 0 aliphatic carbocycles. The molecule has 2 N–H and O–H groups in total. The number of hydrogen-bond donors (Lipinski definition) is 1. The average Bonchev–Trinajstić information content (AvgIpc) is 2.61. The molecule has 0 aliphatic rings. The number of rotatable bonds is 2. The van der Waals surface area contributed by atoms with Gasteiger partial charge in [0.15, 0.2) is 0 Å². The lowest BCUT2D eigenvalue weighted by Crippen LogP contribution is -2.13. The number of halogens is 3. The number of anilines is 1. The zero-order valence-corrected chi connectivity index (χ0v) is 9.01. The molecule has 2 heterocycles. The maximum atomic E-state index is 12.4. The molecule has 2 rings (SSSR count). The van der Waals surface area contributed by atoms with Crippen LogP contribution in [0.15, 0.2) is 12.4 Å². The lowest BCUT2D eigenvalue weighted by atomic mass is 10.5. The Morgan fingerprint density at radius 2 is 2.06 bits per heavy atom. The van der Waals surface area contributed by atoms with E-state index in [1.807, 2.05) is 0 Å². The smallest absolute Gasteiger partial charge is 0.404 e. The number of nitrogen functional groups attached to an aromatic ring is 1. The van der Waals surface area contributed by atoms with Gasteiger partial charge in [-0.05, 0) is 0 Å². The minimum atomic E-state index is -4.70. The first-order valence-corrected chi connectivity index (χ1v) is 4.60. The van der Waals surface area contributed by atoms with Gasteiger partial charge in [0.2, 0.25) is 11.7 Å². The van der Waals surface area contributed by atoms with E-state index in [0.29, 0.717) is 0 Å². The summed E-state index contributed by atoms with van der Waals surface area (Å²) in [4.78, 5) is 9.93. The zero-order valence-electron chi connectivity index (χ0n) is 9.01. The molecule has 18 heavy (non-hydrogen) atoms. The molecule has 0 radical (unpaired) electrons. The average molecular weight is 260 g/mol. The molecule has 0 saturated carbocycles. The summed E-state index contributed by atoms with van der Waals surface area (Å²) in [5, 5.41) is 3.73. The van der Waals surface area contributed by atoms with Crippen LogP contribution in [-0.4, -0.2) is 24.7 Å². The van der Waals surface area contributed by atoms with Crippen molar-refractivity contribution in [3.63, 3.8) is 0 Å². The fraction of sp³-hybridized carbons (Fsp3) is 0.250. The Morgan fingerprint density at radius 3 is 2.61 bits per heavy atom. The predicted molar refractivity (Wildman–Crippen MR) is 52.5 cm³/mol. The summed E-state index contributed by atoms with van der Waals surface area (Å²) in [7, 11) is 1.58. The number of nitrogens with two attached hydrogens (primary N) is 1. The van der Waals surface area contributed by atoms with Crippen LogP contribution in [0.2, 0.25) is 0 Å². The standard InChI is InChI=1S/C8H7F3N6O/c1-17-3-13-7(16-17)18-5-2-4(12)14-6(15-5)8(9,10)11/h2-3H,1H3,(H2,12,14,15). The molecule has 0 aliphatic heterocycles. The number of hydrogen-bond acceptors (Lipinski definition) is 6. The van der Waals surface area contributed by atoms with E-state index in [2.05, 4.69) is 20.1 Å². The molecule has 2 aromatic rings. The van der Waals surface area contributed by atoms with Crippen LogP contribution in [0.5, 0.6) is 11.9 Å². The minimum Gasteiger partial charge on any atom is -0.404 e. The van der Waals surface area contributed by atoms with Crippen molar-refractivity contribution >= 4 is 5.82 Å². The monoisotopic (exact) mass is 260 g/mol. The summed E-state index contributed by atoms with van der Waals surface area (Å²) in [6.07, 6.45) is -3.38. The van der Waals surface area contributed by atoms with E-state index < -0.39 is 12.0 Å². The van der Waals surface area contributed by atoms with Crippen molar-refractivity contribution in [1.82, 2.24) is 24.7 Å². The van der Waals surface area contributed by atoms with Crippen molar-refractivity contribution in [2.75, 3.05) is 5.73 Å². The van der Waals surface area contributed by atoms with Gasteiger partial charge in [-0.25, -0.2) is 4.98 Å². The summed E-state index contributed by atoms with van der Waals surface area (Å²) in [6, 6.07) is 0.912. The number of aromatic nitrogens is 5. The van der Waals surface area contributed by atoms with E-state index in [9.17, 15) is 13.2 Å². The molecule has 0 bridgehead atoms. The van der Waals surface area contributed by atoms with Gasteiger partial charge in [-0.3, -0.25) is 4.68 Å². The Balaban J connectivity index is 2.31. The number of aryl methyl sites for hydroxylation is 1. The van der Waals surface area contributed by atoms with Crippen LogP contribution in [0.4, 0.5) is 19.0 Å². The molecule has 0 amide bonds. The zero-order chi connectivity index (χ0) is 13.3. The Morgan fingerprint density at radius 1 is 1.33 bits per heavy atom. The van der Waals surface area contributed by atoms with Gasteiger partial charge in [-0.1, -0.05) is 0 Å². The van der Waals surface area contributed by atoms with Gasteiger partial charge >= 0.3 is 12.2 Å². The van der Waals surface area contributed by atoms with E-state index in [1.54, 1.807) is 7.05 Å². The van der Waals surface area contributed by atoms with Crippen LogP contribution in [0, 0.1) is 0 Å². The van der Waals surface area contributed by atoms with Crippen molar-refractivity contribution in [1.29, 1.82) is 0 Å². The first kappa shape index (κ1) is 12.1. The molecule has 2 aromatic heterocycles. The van der Waals surface area contributed by atoms with E-state index in [-0.39, 0.29) is 17.7 Å². The van der Waals surface area contributed by atoms with Crippen LogP contribution in [0.3, 0.4) is 0 Å². The first-order valence-electron chi connectivity index (χ1n) is 4.60. The normalized spacial score (nSPS) is 11.6. The van der Waals surface area contributed by atoms with Gasteiger partial charge in [-0.2, -0.15) is 23.1 Å². The highest BCUT2D eigenvalue weighted by Gasteiger charge is 2.35. The Bertz CT molecular complexity index is 566. The first-order chi connectivity index (χ1) is 8.34. The highest BCUT2D eigenvalue weighted by Crippen LogP contribution is 2.29. The second-order valence-electron chi connectivity index (χ2n) is 3.26. The third-order valence-electron chi connectivity index (χ3n) is 1.75. The van der Waals surface area contributed by atoms with Crippen molar-refractivity contribution in [2.45, 2.75) is 6.18 Å². The summed E-state index contributed by atoms with van der Waals surface area (Å²) < 4.78 is 43.5. The number of alkyl halides is 3. The van der Waals surface area contributed by atoms with E-state index >= 15 is 0 Å². The fourth-order valence-corrected chi connectivity index (χ4v) is 1.08. The van der Waals surface area contributed by atoms with E-state index in [1.165, 1.54) is 11.0 Å². The molecule has 0 saturated heterocycles. The summed E-state index contributed by atoms with van der Waals surface area (Å²) >= 11 is 0. The molecule has 0 spiro atoms. The van der Waals surface area contributed by atoms with Crippen LogP contribution in [-0.2, 0) is 13.2 Å². The third-order valence-corrected chi connectivity index (χ3v) is 1.75. The fourth-order valence-electron chi connectivity index (χ4n) is 1.08. The minimum absolute atomic E-state index is 0.135. The van der Waals surface area contributed by atoms with Crippen LogP contribution < -0.4 is 10.5 Å². The largest absolute Gasteiger partial charge is 0.451 e. The molecule has 0 unspecified atom stereocenters. The van der Waals surface area contributed by atoms with E-state index in [4.69, 9.17) is 10.5 Å². The summed E-state index contributed by atoms with van der Waals surface area (Å²) in [5.74, 6) is -2.11. The summed E-state index contributed by atoms with van der Waals surface area (Å²) in [5.41, 5.74) is 5.24. The number of nitrogens with zero attached hydrogens (tertiary/aromatic N) is 5. The second kappa shape index (κ2) is 4.13. The van der Waals surface area contributed by atoms with Crippen LogP contribution in [0.1, 0.15) is 5.82 Å². The molecular weight excluding hydrogens is 253 g/mol. The van der Waals surface area contributed by atoms with Gasteiger partial charge in [0, 0.05) is 13.1 Å². The maximum absolute atomic E-state index is 12.4. The maximum Gasteiger partial charge on any atom is 0.451 e. The van der Waals surface area contributed by atoms with Gasteiger partial charge in [0.05, 0.1) is 0 Å². The topological polar surface area (TPSA) is 91.7 Å². The SMILES string of the molecule is Cn1cnc(Oc2cc(N)nc(C(F)(F)F)n2)n1. The van der Waals surface area contributed by atoms with Gasteiger partial charge < -0.3 is 10.5 Å². The Hall–Kier alpha value is -2.39. The second-order valence-corrected chi connectivity index (χ2v) is 3.26. The van der Waals surface area contributed by atoms with E-state index in [0.717, 1.165) is 6.07 Å². The molecule has 0 aromatic carbocycles. The van der Waals surface area contributed by atoms with Crippen molar-refractivity contribution in [3.05, 3.63) is 18.2 Å². The highest BCUT2D eigenvalue weighted by atomic mass is 19.4. The van der Waals surface area contributed by atoms with Crippen molar-refractivity contribution < 1.29 is 17.9 Å². The summed E-state index contributed by atoms with van der Waals surface area (Å²) in [6.45, 7) is 0. The lowest BCUT2D eigenvalue weighted by Gasteiger charge is -2.07. The Kier molecular flexibility index (Phi) is 2.77. The molecule has 96 valence electrons. The molecule has 7 nitrogen and oxygen atoms in total. The molecule has 0 atom stereocenters. The van der Waals surface area contributed by atoms with Crippen LogP contribution >= 0.6 is 0 Å². The van der Waals surface area contributed by atoms with Crippen molar-refractivity contribution in [2.24, 2.45) is 7.05 Å². The number of ether oxygens (including phenoxy) is 1. The van der Waals surface area contributed by atoms with Gasteiger partial charge in [0.25, 0.3) is 0 Å². The quantitative estimate of drug-likeness (QED) is 0.865. The van der Waals surface area contributed by atoms with Crippen molar-refractivity contribution in [3.8, 4) is 11.9 Å². The highest BCUT2D eigenvalue weighted by molar-refractivity contribution is 5.34. The van der Waals surface area contributed by atoms with Gasteiger partial charge in [-0.15, -0.1) is 5.10 Å². The lowest BCUT2D eigenvalue weighted by molar-refractivity contribution is -0.145. The molecular formula is C8H7F3N6O. The molecule has 0 fully saturated rings. The van der Waals surface area contributed by atoms with Crippen LogP contribution in [0.25, 0.3) is 0 Å². The van der Waals surface area contributed by atoms with Gasteiger partial charge in [0.1, 0.15) is 12.1 Å². The molecule has 10 heteroatoms.